The van der Waals surface area contributed by atoms with Crippen LogP contribution in [0.25, 0.3) is 22.1 Å². The van der Waals surface area contributed by atoms with Crippen LogP contribution in [0.1, 0.15) is 69.9 Å². The number of carbonyl (C=O) groups is 2. The first-order chi connectivity index (χ1) is 20.4. The van der Waals surface area contributed by atoms with E-state index in [0.717, 1.165) is 65.3 Å². The molecule has 10 heteroatoms. The van der Waals surface area contributed by atoms with E-state index in [1.54, 1.807) is 0 Å². The Balaban J connectivity index is 1.33. The maximum Gasteiger partial charge on any atom is 0.304 e. The molecule has 0 saturated carbocycles. The van der Waals surface area contributed by atoms with Crippen molar-refractivity contribution in [2.24, 2.45) is 7.05 Å². The van der Waals surface area contributed by atoms with Crippen molar-refractivity contribution in [2.75, 3.05) is 6.54 Å². The standard InChI is InChI=1S/C32H31ClN6O3/c1-37-27-15-22-13-19(17-34-31(22)37)5-3-2-4-11-39-26-9-8-24(29(33)30(26)35-36-39)25(16-28(40)41)21-7-6-20-10-12-38(32(27)42)18-23(20)14-21/h6-9,13-15,17,25H,2-5,10-12,16,18H2,1H3,(H,40,41). The van der Waals surface area contributed by atoms with Gasteiger partial charge in [0, 0.05) is 44.2 Å². The Morgan fingerprint density at radius 2 is 1.93 bits per heavy atom. The van der Waals surface area contributed by atoms with Gasteiger partial charge in [-0.25, -0.2) is 9.67 Å². The van der Waals surface area contributed by atoms with Crippen LogP contribution < -0.4 is 0 Å². The number of carbonyl (C=O) groups excluding carboxylic acids is 1. The van der Waals surface area contributed by atoms with E-state index in [0.29, 0.717) is 41.4 Å². The molecule has 8 rings (SSSR count). The fourth-order valence-electron chi connectivity index (χ4n) is 6.54. The summed E-state index contributed by atoms with van der Waals surface area (Å²) in [5.41, 5.74) is 7.75. The van der Waals surface area contributed by atoms with E-state index in [1.165, 1.54) is 5.56 Å². The van der Waals surface area contributed by atoms with Crippen LogP contribution in [-0.2, 0) is 37.8 Å². The van der Waals surface area contributed by atoms with Gasteiger partial charge in [0.25, 0.3) is 5.91 Å². The number of carboxylic acids is 1. The Morgan fingerprint density at radius 1 is 1.05 bits per heavy atom. The van der Waals surface area contributed by atoms with Gasteiger partial charge in [-0.2, -0.15) is 0 Å². The molecule has 0 saturated heterocycles. The van der Waals surface area contributed by atoms with E-state index in [9.17, 15) is 14.7 Å². The molecule has 1 amide bonds. The monoisotopic (exact) mass is 582 g/mol. The lowest BCUT2D eigenvalue weighted by atomic mass is 9.85. The number of rotatable bonds is 2. The summed E-state index contributed by atoms with van der Waals surface area (Å²) in [6.45, 7) is 1.78. The number of hydrogen-bond donors (Lipinski definition) is 1. The van der Waals surface area contributed by atoms with Gasteiger partial charge in [0.15, 0.2) is 0 Å². The zero-order valence-corrected chi connectivity index (χ0v) is 24.1. The minimum atomic E-state index is -0.914. The zero-order chi connectivity index (χ0) is 29.0. The summed E-state index contributed by atoms with van der Waals surface area (Å²) >= 11 is 6.93. The average Bonchev–Trinajstić information content (AvgIpc) is 3.55. The minimum Gasteiger partial charge on any atom is -0.481 e. The summed E-state index contributed by atoms with van der Waals surface area (Å²) in [4.78, 5) is 32.4. The Kier molecular flexibility index (Phi) is 6.69. The summed E-state index contributed by atoms with van der Waals surface area (Å²) in [6.07, 6.45) is 6.39. The van der Waals surface area contributed by atoms with E-state index in [4.69, 9.17) is 16.6 Å². The average molecular weight is 583 g/mol. The molecule has 1 N–H and O–H groups in total. The smallest absolute Gasteiger partial charge is 0.304 e. The van der Waals surface area contributed by atoms with Crippen LogP contribution in [0.5, 0.6) is 0 Å². The molecule has 0 radical (unpaired) electrons. The predicted octanol–water partition coefficient (Wildman–Crippen LogP) is 5.50. The first-order valence-corrected chi connectivity index (χ1v) is 14.8. The Labute approximate surface area is 247 Å². The third-order valence-corrected chi connectivity index (χ3v) is 9.22. The van der Waals surface area contributed by atoms with Crippen LogP contribution in [0.15, 0.2) is 48.7 Å². The number of aromatic nitrogens is 5. The van der Waals surface area contributed by atoms with E-state index >= 15 is 0 Å². The second-order valence-corrected chi connectivity index (χ2v) is 11.8. The van der Waals surface area contributed by atoms with Gasteiger partial charge in [-0.15, -0.1) is 5.10 Å². The lowest BCUT2D eigenvalue weighted by Gasteiger charge is -2.30. The van der Waals surface area contributed by atoms with Gasteiger partial charge in [-0.05, 0) is 71.7 Å². The molecule has 2 aromatic carbocycles. The van der Waals surface area contributed by atoms with Crippen molar-refractivity contribution in [2.45, 2.75) is 57.5 Å². The van der Waals surface area contributed by atoms with E-state index in [-0.39, 0.29) is 12.3 Å². The fraction of sp³-hybridized carbons (Fsp3) is 0.344. The molecule has 3 aromatic heterocycles. The normalized spacial score (nSPS) is 17.5. The molecule has 10 bridgehead atoms. The van der Waals surface area contributed by atoms with Gasteiger partial charge in [0.2, 0.25) is 0 Å². The van der Waals surface area contributed by atoms with Crippen molar-refractivity contribution in [3.05, 3.63) is 87.2 Å². The quantitative estimate of drug-likeness (QED) is 0.294. The largest absolute Gasteiger partial charge is 0.481 e. The Hall–Kier alpha value is -4.24. The van der Waals surface area contributed by atoms with E-state index < -0.39 is 11.9 Å². The molecule has 42 heavy (non-hydrogen) atoms. The molecule has 1 atom stereocenters. The highest BCUT2D eigenvalue weighted by Gasteiger charge is 2.28. The first kappa shape index (κ1) is 26.6. The summed E-state index contributed by atoms with van der Waals surface area (Å²) in [5, 5.41) is 20.0. The number of hydrogen-bond acceptors (Lipinski definition) is 5. The number of benzene rings is 2. The lowest BCUT2D eigenvalue weighted by Crippen LogP contribution is -2.37. The highest BCUT2D eigenvalue weighted by Crippen LogP contribution is 2.38. The van der Waals surface area contributed by atoms with Crippen molar-refractivity contribution in [1.29, 1.82) is 0 Å². The molecular formula is C32H31ClN6O3. The number of halogens is 1. The van der Waals surface area contributed by atoms with Crippen molar-refractivity contribution < 1.29 is 14.7 Å². The van der Waals surface area contributed by atoms with Crippen molar-refractivity contribution >= 4 is 45.5 Å². The van der Waals surface area contributed by atoms with Crippen molar-refractivity contribution in [3.8, 4) is 0 Å². The summed E-state index contributed by atoms with van der Waals surface area (Å²) < 4.78 is 3.77. The molecule has 1 unspecified atom stereocenters. The highest BCUT2D eigenvalue weighted by atomic mass is 35.5. The maximum absolute atomic E-state index is 13.8. The lowest BCUT2D eigenvalue weighted by molar-refractivity contribution is -0.137. The van der Waals surface area contributed by atoms with Crippen LogP contribution in [0, 0.1) is 0 Å². The molecule has 5 aromatic rings. The number of pyridine rings is 1. The van der Waals surface area contributed by atoms with Crippen molar-refractivity contribution in [3.63, 3.8) is 0 Å². The molecular weight excluding hydrogens is 552 g/mol. The molecule has 0 spiro atoms. The number of fused-ring (bicyclic) bond motifs is 5. The third-order valence-electron chi connectivity index (χ3n) is 8.82. The van der Waals surface area contributed by atoms with Gasteiger partial charge < -0.3 is 14.6 Å². The number of amides is 1. The topological polar surface area (TPSA) is 106 Å². The number of aliphatic carboxylic acids is 1. The van der Waals surface area contributed by atoms with Gasteiger partial charge in [0.1, 0.15) is 16.9 Å². The molecule has 9 nitrogen and oxygen atoms in total. The van der Waals surface area contributed by atoms with Gasteiger partial charge in [0.05, 0.1) is 17.0 Å². The molecule has 3 aliphatic heterocycles. The Morgan fingerprint density at radius 3 is 2.79 bits per heavy atom. The van der Waals surface area contributed by atoms with Crippen LogP contribution in [0.2, 0.25) is 5.02 Å². The van der Waals surface area contributed by atoms with Crippen molar-refractivity contribution in [1.82, 2.24) is 29.4 Å². The second-order valence-electron chi connectivity index (χ2n) is 11.5. The number of carboxylic acid groups (broad SMARTS) is 1. The van der Waals surface area contributed by atoms with E-state index in [1.807, 2.05) is 57.7 Å². The first-order valence-electron chi connectivity index (χ1n) is 14.5. The summed E-state index contributed by atoms with van der Waals surface area (Å²) in [5.74, 6) is -1.42. The SMILES string of the molecule is Cn1c2cc3cc(cnc31)CCCCCn1nnc3c(Cl)c(ccc31)C(CC(=O)O)c1ccc3c(c1)CN(CC3)C2=O. The fourth-order valence-corrected chi connectivity index (χ4v) is 6.87. The van der Waals surface area contributed by atoms with Gasteiger partial charge in [-0.1, -0.05) is 47.5 Å². The van der Waals surface area contributed by atoms with Crippen LogP contribution in [-0.4, -0.2) is 53.0 Å². The minimum absolute atomic E-state index is 0.0334. The summed E-state index contributed by atoms with van der Waals surface area (Å²) in [6, 6.07) is 14.1. The molecule has 3 aliphatic rings. The number of nitrogens with zero attached hydrogens (tertiary/aromatic N) is 6. The zero-order valence-electron chi connectivity index (χ0n) is 23.4. The van der Waals surface area contributed by atoms with Gasteiger partial charge >= 0.3 is 5.97 Å². The van der Waals surface area contributed by atoms with Gasteiger partial charge in [-0.3, -0.25) is 9.59 Å². The highest BCUT2D eigenvalue weighted by molar-refractivity contribution is 6.35. The van der Waals surface area contributed by atoms with E-state index in [2.05, 4.69) is 22.4 Å². The Bertz CT molecular complexity index is 1880. The second kappa shape index (κ2) is 10.5. The molecule has 0 aliphatic carbocycles. The maximum atomic E-state index is 13.8. The van der Waals surface area contributed by atoms with Crippen LogP contribution in [0.3, 0.4) is 0 Å². The van der Waals surface area contributed by atoms with Crippen LogP contribution >= 0.6 is 11.6 Å². The molecule has 6 heterocycles. The predicted molar refractivity (Wildman–Crippen MR) is 160 cm³/mol. The van der Waals surface area contributed by atoms with Crippen LogP contribution in [0.4, 0.5) is 0 Å². The summed E-state index contributed by atoms with van der Waals surface area (Å²) in [7, 11) is 1.90. The number of aryl methyl sites for hydroxylation is 3. The molecule has 0 fully saturated rings. The third kappa shape index (κ3) is 4.61. The molecule has 214 valence electrons.